The summed E-state index contributed by atoms with van der Waals surface area (Å²) < 4.78 is -0.147. The number of carbonyl (C=O) groups is 1. The van der Waals surface area contributed by atoms with E-state index in [1.165, 1.54) is 12.4 Å². The topological polar surface area (TPSA) is 30.0 Å². The van der Waals surface area contributed by atoms with Crippen molar-refractivity contribution in [2.75, 3.05) is 0 Å². The van der Waals surface area contributed by atoms with Crippen LogP contribution in [0.3, 0.4) is 0 Å². The van der Waals surface area contributed by atoms with Crippen LogP contribution in [-0.2, 0) is 0 Å². The summed E-state index contributed by atoms with van der Waals surface area (Å²) in [5.41, 5.74) is 0.165. The Hall–Kier alpha value is -0.280. The highest BCUT2D eigenvalue weighted by atomic mass is 35.5. The molecular formula is C8H3Cl4NO. The number of pyridine rings is 1. The van der Waals surface area contributed by atoms with Gasteiger partial charge in [-0.2, -0.15) is 0 Å². The van der Waals surface area contributed by atoms with E-state index in [2.05, 4.69) is 4.98 Å². The Bertz CT molecular complexity index is 398. The first-order chi connectivity index (χ1) is 6.52. The maximum atomic E-state index is 11.4. The average molecular weight is 271 g/mol. The van der Waals surface area contributed by atoms with Crippen molar-refractivity contribution in [3.05, 3.63) is 38.6 Å². The Morgan fingerprint density at radius 1 is 1.29 bits per heavy atom. The van der Waals surface area contributed by atoms with Gasteiger partial charge in [0, 0.05) is 18.5 Å². The van der Waals surface area contributed by atoms with E-state index in [-0.39, 0.29) is 20.1 Å². The van der Waals surface area contributed by atoms with E-state index in [0.717, 1.165) is 6.08 Å². The van der Waals surface area contributed by atoms with Crippen molar-refractivity contribution in [1.82, 2.24) is 4.98 Å². The second kappa shape index (κ2) is 4.99. The molecule has 0 aliphatic rings. The third-order valence-corrected chi connectivity index (χ3v) is 2.35. The maximum absolute atomic E-state index is 11.4. The largest absolute Gasteiger partial charge is 0.289 e. The van der Waals surface area contributed by atoms with Gasteiger partial charge in [-0.3, -0.25) is 9.78 Å². The van der Waals surface area contributed by atoms with Gasteiger partial charge in [-0.05, 0) is 0 Å². The van der Waals surface area contributed by atoms with Crippen LogP contribution in [0.5, 0.6) is 0 Å². The smallest absolute Gasteiger partial charge is 0.191 e. The maximum Gasteiger partial charge on any atom is 0.191 e. The fourth-order valence-electron chi connectivity index (χ4n) is 0.768. The van der Waals surface area contributed by atoms with Crippen molar-refractivity contribution in [1.29, 1.82) is 0 Å². The summed E-state index contributed by atoms with van der Waals surface area (Å²) >= 11 is 22.1. The lowest BCUT2D eigenvalue weighted by Crippen LogP contribution is -1.97. The molecule has 1 heterocycles. The number of ketones is 1. The molecule has 0 fully saturated rings. The number of carbonyl (C=O) groups excluding carboxylic acids is 1. The van der Waals surface area contributed by atoms with Gasteiger partial charge in [0.25, 0.3) is 0 Å². The zero-order valence-electron chi connectivity index (χ0n) is 6.60. The SMILES string of the molecule is O=C(C=C(Cl)Cl)c1cncc(Cl)c1Cl. The first-order valence-corrected chi connectivity index (χ1v) is 4.89. The number of aromatic nitrogens is 1. The molecule has 0 aromatic carbocycles. The van der Waals surface area contributed by atoms with Gasteiger partial charge in [0.15, 0.2) is 5.78 Å². The van der Waals surface area contributed by atoms with Crippen LogP contribution in [0.4, 0.5) is 0 Å². The number of rotatable bonds is 2. The number of nitrogens with zero attached hydrogens (tertiary/aromatic N) is 1. The minimum Gasteiger partial charge on any atom is -0.289 e. The van der Waals surface area contributed by atoms with Crippen molar-refractivity contribution >= 4 is 52.2 Å². The Balaban J connectivity index is 3.14. The lowest BCUT2D eigenvalue weighted by Gasteiger charge is -2.00. The van der Waals surface area contributed by atoms with Crippen molar-refractivity contribution in [2.24, 2.45) is 0 Å². The molecule has 0 saturated heterocycles. The summed E-state index contributed by atoms with van der Waals surface area (Å²) in [5, 5.41) is 0.342. The summed E-state index contributed by atoms with van der Waals surface area (Å²) in [4.78, 5) is 15.1. The molecule has 6 heteroatoms. The average Bonchev–Trinajstić information content (AvgIpc) is 2.08. The zero-order chi connectivity index (χ0) is 10.7. The zero-order valence-corrected chi connectivity index (χ0v) is 9.62. The van der Waals surface area contributed by atoms with Crippen molar-refractivity contribution in [3.8, 4) is 0 Å². The van der Waals surface area contributed by atoms with Gasteiger partial charge in [-0.25, -0.2) is 0 Å². The molecular weight excluding hydrogens is 268 g/mol. The minimum absolute atomic E-state index is 0.137. The van der Waals surface area contributed by atoms with Gasteiger partial charge >= 0.3 is 0 Å². The molecule has 0 radical (unpaired) electrons. The first-order valence-electron chi connectivity index (χ1n) is 3.38. The van der Waals surface area contributed by atoms with Gasteiger partial charge in [-0.1, -0.05) is 46.4 Å². The second-order valence-corrected chi connectivity index (χ2v) is 4.07. The number of hydrogen-bond acceptors (Lipinski definition) is 2. The summed E-state index contributed by atoms with van der Waals surface area (Å²) in [5.74, 6) is -0.440. The van der Waals surface area contributed by atoms with E-state index in [9.17, 15) is 4.79 Å². The molecule has 0 aliphatic carbocycles. The molecule has 2 nitrogen and oxygen atoms in total. The molecule has 1 aromatic rings. The van der Waals surface area contributed by atoms with E-state index in [4.69, 9.17) is 46.4 Å². The molecule has 0 bridgehead atoms. The molecule has 0 atom stereocenters. The fraction of sp³-hybridized carbons (Fsp3) is 0. The minimum atomic E-state index is -0.440. The Kier molecular flexibility index (Phi) is 4.20. The fourth-order valence-corrected chi connectivity index (χ4v) is 1.31. The molecule has 0 N–H and O–H groups in total. The molecule has 1 rings (SSSR count). The monoisotopic (exact) mass is 269 g/mol. The van der Waals surface area contributed by atoms with Crippen molar-refractivity contribution in [3.63, 3.8) is 0 Å². The Morgan fingerprint density at radius 2 is 1.93 bits per heavy atom. The number of halogens is 4. The van der Waals surface area contributed by atoms with E-state index in [0.29, 0.717) is 0 Å². The highest BCUT2D eigenvalue weighted by molar-refractivity contribution is 6.57. The van der Waals surface area contributed by atoms with Crippen LogP contribution in [-0.4, -0.2) is 10.8 Å². The van der Waals surface area contributed by atoms with Crippen LogP contribution >= 0.6 is 46.4 Å². The molecule has 0 saturated carbocycles. The molecule has 0 amide bonds. The highest BCUT2D eigenvalue weighted by Crippen LogP contribution is 2.25. The second-order valence-electron chi connectivity index (χ2n) is 2.28. The van der Waals surface area contributed by atoms with Gasteiger partial charge in [0.1, 0.15) is 4.49 Å². The van der Waals surface area contributed by atoms with Crippen LogP contribution < -0.4 is 0 Å². The Morgan fingerprint density at radius 3 is 2.50 bits per heavy atom. The molecule has 0 spiro atoms. The molecule has 74 valence electrons. The van der Waals surface area contributed by atoms with Gasteiger partial charge in [0.2, 0.25) is 0 Å². The van der Waals surface area contributed by atoms with Crippen molar-refractivity contribution < 1.29 is 4.79 Å². The Labute approximate surface area is 100 Å². The first kappa shape index (κ1) is 11.8. The number of hydrogen-bond donors (Lipinski definition) is 0. The standard InChI is InChI=1S/C8H3Cl4NO/c9-5-3-13-2-4(8(5)12)6(14)1-7(10)11/h1-3H. The highest BCUT2D eigenvalue weighted by Gasteiger charge is 2.11. The summed E-state index contributed by atoms with van der Waals surface area (Å²) in [6.07, 6.45) is 3.67. The van der Waals surface area contributed by atoms with Gasteiger partial charge in [-0.15, -0.1) is 0 Å². The lowest BCUT2D eigenvalue weighted by atomic mass is 10.2. The van der Waals surface area contributed by atoms with Crippen LogP contribution in [0.1, 0.15) is 10.4 Å². The van der Waals surface area contributed by atoms with E-state index >= 15 is 0 Å². The summed E-state index contributed by atoms with van der Waals surface area (Å²) in [7, 11) is 0. The van der Waals surface area contributed by atoms with E-state index in [1.807, 2.05) is 0 Å². The van der Waals surface area contributed by atoms with Crippen LogP contribution in [0, 0.1) is 0 Å². The van der Waals surface area contributed by atoms with Gasteiger partial charge < -0.3 is 0 Å². The predicted molar refractivity (Wildman–Crippen MR) is 58.4 cm³/mol. The van der Waals surface area contributed by atoms with Crippen LogP contribution in [0.2, 0.25) is 10.0 Å². The third-order valence-electron chi connectivity index (χ3n) is 1.34. The normalized spacial score (nSPS) is 9.71. The molecule has 0 aliphatic heterocycles. The quantitative estimate of drug-likeness (QED) is 0.603. The molecule has 1 aromatic heterocycles. The van der Waals surface area contributed by atoms with Crippen molar-refractivity contribution in [2.45, 2.75) is 0 Å². The van der Waals surface area contributed by atoms with Crippen LogP contribution in [0.25, 0.3) is 0 Å². The number of allylic oxidation sites excluding steroid dienone is 1. The molecule has 14 heavy (non-hydrogen) atoms. The predicted octanol–water partition coefficient (Wildman–Crippen LogP) is 3.89. The lowest BCUT2D eigenvalue weighted by molar-refractivity contribution is 0.104. The van der Waals surface area contributed by atoms with Crippen LogP contribution in [0.15, 0.2) is 23.0 Å². The third kappa shape index (κ3) is 2.85. The van der Waals surface area contributed by atoms with E-state index in [1.54, 1.807) is 0 Å². The summed E-state index contributed by atoms with van der Waals surface area (Å²) in [6, 6.07) is 0. The molecule has 0 unspecified atom stereocenters. The van der Waals surface area contributed by atoms with E-state index < -0.39 is 5.78 Å². The van der Waals surface area contributed by atoms with Gasteiger partial charge in [0.05, 0.1) is 15.6 Å². The summed E-state index contributed by atoms with van der Waals surface area (Å²) in [6.45, 7) is 0.